The van der Waals surface area contributed by atoms with E-state index < -0.39 is 0 Å². The average molecular weight is 332 g/mol. The fraction of sp³-hybridized carbons (Fsp3) is 0.375. The molecule has 1 saturated heterocycles. The molecule has 0 radical (unpaired) electrons. The third-order valence-electron chi connectivity index (χ3n) is 3.78. The van der Waals surface area contributed by atoms with Crippen molar-refractivity contribution in [3.63, 3.8) is 0 Å². The molecular weight excluding hydrogens is 312 g/mol. The molecular formula is C16H20N4O2S. The van der Waals surface area contributed by atoms with Gasteiger partial charge < -0.3 is 15.8 Å². The molecule has 0 atom stereocenters. The van der Waals surface area contributed by atoms with E-state index in [0.717, 1.165) is 44.1 Å². The van der Waals surface area contributed by atoms with Crippen molar-refractivity contribution in [1.82, 2.24) is 15.2 Å². The molecule has 6 nitrogen and oxygen atoms in total. The summed E-state index contributed by atoms with van der Waals surface area (Å²) in [4.78, 5) is 18.7. The molecule has 0 spiro atoms. The summed E-state index contributed by atoms with van der Waals surface area (Å²) in [5, 5.41) is 5.41. The largest absolute Gasteiger partial charge is 0.379 e. The molecule has 1 aromatic carbocycles. The van der Waals surface area contributed by atoms with Gasteiger partial charge in [0.15, 0.2) is 5.13 Å². The number of rotatable bonds is 5. The number of hydrogen-bond donors (Lipinski definition) is 2. The third kappa shape index (κ3) is 4.28. The summed E-state index contributed by atoms with van der Waals surface area (Å²) >= 11 is 1.41. The highest BCUT2D eigenvalue weighted by atomic mass is 32.1. The molecule has 2 heterocycles. The fourth-order valence-corrected chi connectivity index (χ4v) is 3.04. The Labute approximate surface area is 139 Å². The molecule has 1 aromatic heterocycles. The van der Waals surface area contributed by atoms with Gasteiger partial charge in [0.2, 0.25) is 0 Å². The minimum absolute atomic E-state index is 0.0531. The molecule has 1 amide bonds. The fourth-order valence-electron chi connectivity index (χ4n) is 2.47. The van der Waals surface area contributed by atoms with Crippen molar-refractivity contribution < 1.29 is 9.53 Å². The second kappa shape index (κ2) is 7.54. The molecule has 0 saturated carbocycles. The number of ether oxygens (including phenoxy) is 1. The van der Waals surface area contributed by atoms with E-state index in [1.807, 2.05) is 29.6 Å². The molecule has 122 valence electrons. The van der Waals surface area contributed by atoms with E-state index in [2.05, 4.69) is 15.2 Å². The van der Waals surface area contributed by atoms with Crippen LogP contribution in [0.15, 0.2) is 29.6 Å². The summed E-state index contributed by atoms with van der Waals surface area (Å²) in [6.45, 7) is 4.91. The second-order valence-electron chi connectivity index (χ2n) is 5.36. The van der Waals surface area contributed by atoms with Gasteiger partial charge in [0, 0.05) is 42.7 Å². The molecule has 1 aliphatic heterocycles. The molecule has 7 heteroatoms. The first kappa shape index (κ1) is 15.9. The minimum atomic E-state index is -0.0531. The van der Waals surface area contributed by atoms with Crippen LogP contribution >= 0.6 is 11.3 Å². The van der Waals surface area contributed by atoms with Crippen molar-refractivity contribution in [2.24, 2.45) is 0 Å². The maximum absolute atomic E-state index is 12.2. The predicted molar refractivity (Wildman–Crippen MR) is 91.6 cm³/mol. The number of nitrogens with one attached hydrogen (secondary N) is 1. The van der Waals surface area contributed by atoms with Gasteiger partial charge in [0.05, 0.1) is 18.9 Å². The van der Waals surface area contributed by atoms with Crippen molar-refractivity contribution >= 4 is 22.4 Å². The van der Waals surface area contributed by atoms with E-state index in [1.54, 1.807) is 0 Å². The summed E-state index contributed by atoms with van der Waals surface area (Å²) in [6.07, 6.45) is 0. The quantitative estimate of drug-likeness (QED) is 0.866. The Morgan fingerprint density at radius 2 is 2.04 bits per heavy atom. The first-order valence-corrected chi connectivity index (χ1v) is 8.50. The standard InChI is InChI=1S/C16H20N4O2S/c17-16-19-14(11-23-16)12-1-3-13(4-2-12)15(21)18-5-6-20-7-9-22-10-8-20/h1-4,11H,5-10H2,(H2,17,19)(H,18,21). The Kier molecular flexibility index (Phi) is 5.22. The van der Waals surface area contributed by atoms with Gasteiger partial charge in [0.1, 0.15) is 0 Å². The van der Waals surface area contributed by atoms with Gasteiger partial charge in [-0.25, -0.2) is 4.98 Å². The number of nitrogens with zero attached hydrogens (tertiary/aromatic N) is 2. The molecule has 3 N–H and O–H groups in total. The first-order valence-electron chi connectivity index (χ1n) is 7.62. The Bertz CT molecular complexity index is 650. The number of aromatic nitrogens is 1. The van der Waals surface area contributed by atoms with Crippen LogP contribution in [0, 0.1) is 0 Å². The summed E-state index contributed by atoms with van der Waals surface area (Å²) in [6, 6.07) is 7.42. The number of hydrogen-bond acceptors (Lipinski definition) is 6. The van der Waals surface area contributed by atoms with Crippen LogP contribution in [0.1, 0.15) is 10.4 Å². The van der Waals surface area contributed by atoms with Gasteiger partial charge in [-0.1, -0.05) is 12.1 Å². The van der Waals surface area contributed by atoms with Crippen LogP contribution in [0.3, 0.4) is 0 Å². The number of nitrogens with two attached hydrogens (primary N) is 1. The highest BCUT2D eigenvalue weighted by Gasteiger charge is 2.11. The maximum Gasteiger partial charge on any atom is 0.251 e. The predicted octanol–water partition coefficient (Wildman–Crippen LogP) is 1.45. The van der Waals surface area contributed by atoms with E-state index in [4.69, 9.17) is 10.5 Å². The summed E-state index contributed by atoms with van der Waals surface area (Å²) in [5.41, 5.74) is 8.09. The first-order chi connectivity index (χ1) is 11.2. The highest BCUT2D eigenvalue weighted by Crippen LogP contribution is 2.23. The Balaban J connectivity index is 1.51. The van der Waals surface area contributed by atoms with E-state index in [9.17, 15) is 4.79 Å². The second-order valence-corrected chi connectivity index (χ2v) is 6.25. The minimum Gasteiger partial charge on any atom is -0.379 e. The van der Waals surface area contributed by atoms with Crippen LogP contribution in [-0.4, -0.2) is 55.2 Å². The van der Waals surface area contributed by atoms with Crippen molar-refractivity contribution in [3.8, 4) is 11.3 Å². The number of carbonyl (C=O) groups excluding carboxylic acids is 1. The van der Waals surface area contributed by atoms with Crippen molar-refractivity contribution in [2.45, 2.75) is 0 Å². The highest BCUT2D eigenvalue weighted by molar-refractivity contribution is 7.13. The Morgan fingerprint density at radius 1 is 1.30 bits per heavy atom. The lowest BCUT2D eigenvalue weighted by Crippen LogP contribution is -2.41. The molecule has 1 fully saturated rings. The monoisotopic (exact) mass is 332 g/mol. The number of benzene rings is 1. The van der Waals surface area contributed by atoms with Gasteiger partial charge in [0.25, 0.3) is 5.91 Å². The normalized spacial score (nSPS) is 15.5. The van der Waals surface area contributed by atoms with Gasteiger partial charge in [-0.15, -0.1) is 11.3 Å². The maximum atomic E-state index is 12.2. The summed E-state index contributed by atoms with van der Waals surface area (Å²) in [5.74, 6) is -0.0531. The molecule has 0 unspecified atom stereocenters. The van der Waals surface area contributed by atoms with Crippen LogP contribution < -0.4 is 11.1 Å². The van der Waals surface area contributed by atoms with E-state index in [0.29, 0.717) is 17.2 Å². The lowest BCUT2D eigenvalue weighted by molar-refractivity contribution is 0.0383. The molecule has 1 aliphatic rings. The van der Waals surface area contributed by atoms with Crippen molar-refractivity contribution in [2.75, 3.05) is 45.1 Å². The molecule has 23 heavy (non-hydrogen) atoms. The molecule has 2 aromatic rings. The number of thiazole rings is 1. The molecule has 0 aliphatic carbocycles. The number of nitrogen functional groups attached to an aromatic ring is 1. The van der Waals surface area contributed by atoms with Gasteiger partial charge in [-0.05, 0) is 12.1 Å². The van der Waals surface area contributed by atoms with Gasteiger partial charge in [-0.3, -0.25) is 9.69 Å². The Hall–Kier alpha value is -1.96. The van der Waals surface area contributed by atoms with Crippen LogP contribution in [0.2, 0.25) is 0 Å². The van der Waals surface area contributed by atoms with Crippen molar-refractivity contribution in [3.05, 3.63) is 35.2 Å². The van der Waals surface area contributed by atoms with Crippen LogP contribution in [-0.2, 0) is 4.74 Å². The summed E-state index contributed by atoms with van der Waals surface area (Å²) < 4.78 is 5.30. The zero-order valence-corrected chi connectivity index (χ0v) is 13.6. The molecule has 0 bridgehead atoms. The van der Waals surface area contributed by atoms with Crippen LogP contribution in [0.5, 0.6) is 0 Å². The zero-order chi connectivity index (χ0) is 16.1. The van der Waals surface area contributed by atoms with Crippen molar-refractivity contribution in [1.29, 1.82) is 0 Å². The van der Waals surface area contributed by atoms with Gasteiger partial charge in [-0.2, -0.15) is 0 Å². The van der Waals surface area contributed by atoms with E-state index in [-0.39, 0.29) is 5.91 Å². The topological polar surface area (TPSA) is 80.5 Å². The SMILES string of the molecule is Nc1nc(-c2ccc(C(=O)NCCN3CCOCC3)cc2)cs1. The number of carbonyl (C=O) groups is 1. The third-order valence-corrected chi connectivity index (χ3v) is 4.46. The number of anilines is 1. The molecule has 3 rings (SSSR count). The number of amides is 1. The van der Waals surface area contributed by atoms with Crippen LogP contribution in [0.4, 0.5) is 5.13 Å². The number of morpholine rings is 1. The lowest BCUT2D eigenvalue weighted by Gasteiger charge is -2.26. The summed E-state index contributed by atoms with van der Waals surface area (Å²) in [7, 11) is 0. The lowest BCUT2D eigenvalue weighted by atomic mass is 10.1. The van der Waals surface area contributed by atoms with Gasteiger partial charge >= 0.3 is 0 Å². The Morgan fingerprint density at radius 3 is 2.70 bits per heavy atom. The zero-order valence-electron chi connectivity index (χ0n) is 12.8. The average Bonchev–Trinajstić information content (AvgIpc) is 3.02. The van der Waals surface area contributed by atoms with Crippen LogP contribution in [0.25, 0.3) is 11.3 Å². The smallest absolute Gasteiger partial charge is 0.251 e. The van der Waals surface area contributed by atoms with E-state index in [1.165, 1.54) is 11.3 Å². The van der Waals surface area contributed by atoms with E-state index >= 15 is 0 Å².